The van der Waals surface area contributed by atoms with E-state index in [0.717, 1.165) is 16.9 Å². The minimum atomic E-state index is -1.23. The predicted molar refractivity (Wildman–Crippen MR) is 135 cm³/mol. The van der Waals surface area contributed by atoms with E-state index >= 15 is 0 Å². The molecule has 1 aliphatic heterocycles. The Labute approximate surface area is 212 Å². The summed E-state index contributed by atoms with van der Waals surface area (Å²) < 4.78 is 20.7. The first-order chi connectivity index (χ1) is 16.7. The summed E-state index contributed by atoms with van der Waals surface area (Å²) in [6.45, 7) is 4.33. The van der Waals surface area contributed by atoms with Gasteiger partial charge in [-0.1, -0.05) is 48.3 Å². The van der Waals surface area contributed by atoms with Gasteiger partial charge in [-0.3, -0.25) is 14.5 Å². The molecule has 5 nitrogen and oxygen atoms in total. The van der Waals surface area contributed by atoms with E-state index in [4.69, 9.17) is 27.9 Å². The maximum Gasteiger partial charge on any atom is 0.300 e. The standard InChI is InChI=1S/C27H22Cl2FNO4/c1-3-10-35-22-9-8-16(11-15(22)2)25(32)23-24(20-6-4-5-7-21(20)30)31(27(34)26(23)33)19-13-17(28)12-18(29)14-19/h4-9,11-14,24,32H,3,10H2,1-2H3/b25-23+. The van der Waals surface area contributed by atoms with Crippen LogP contribution >= 0.6 is 23.2 Å². The summed E-state index contributed by atoms with van der Waals surface area (Å²) in [5.41, 5.74) is 1.05. The van der Waals surface area contributed by atoms with Crippen LogP contribution in [0, 0.1) is 12.7 Å². The fraction of sp³-hybridized carbons (Fsp3) is 0.185. The maximum absolute atomic E-state index is 15.0. The lowest BCUT2D eigenvalue weighted by Gasteiger charge is -2.26. The van der Waals surface area contributed by atoms with E-state index in [1.807, 2.05) is 13.8 Å². The number of hydrogen-bond acceptors (Lipinski definition) is 4. The third-order valence-corrected chi connectivity index (χ3v) is 6.12. The summed E-state index contributed by atoms with van der Waals surface area (Å²) in [6, 6.07) is 13.9. The van der Waals surface area contributed by atoms with Crippen LogP contribution in [0.2, 0.25) is 10.0 Å². The summed E-state index contributed by atoms with van der Waals surface area (Å²) in [4.78, 5) is 27.6. The molecule has 180 valence electrons. The molecule has 4 rings (SSSR count). The molecule has 1 N–H and O–H groups in total. The van der Waals surface area contributed by atoms with Crippen molar-refractivity contribution in [2.24, 2.45) is 0 Å². The number of Topliss-reactive ketones (excluding diaryl/α,β-unsaturated/α-hetero) is 1. The van der Waals surface area contributed by atoms with E-state index in [0.29, 0.717) is 17.9 Å². The molecule has 3 aromatic rings. The zero-order valence-electron chi connectivity index (χ0n) is 19.0. The number of carbonyl (C=O) groups excluding carboxylic acids is 2. The number of rotatable bonds is 6. The molecule has 1 amide bonds. The highest BCUT2D eigenvalue weighted by Gasteiger charge is 2.48. The summed E-state index contributed by atoms with van der Waals surface area (Å²) in [6.07, 6.45) is 0.834. The number of aryl methyl sites for hydroxylation is 1. The van der Waals surface area contributed by atoms with E-state index in [2.05, 4.69) is 0 Å². The van der Waals surface area contributed by atoms with Crippen LogP contribution in [0.25, 0.3) is 5.76 Å². The van der Waals surface area contributed by atoms with Crippen molar-refractivity contribution in [2.75, 3.05) is 11.5 Å². The molecule has 0 spiro atoms. The number of ketones is 1. The molecule has 1 saturated heterocycles. The van der Waals surface area contributed by atoms with E-state index in [1.54, 1.807) is 24.3 Å². The Hall–Kier alpha value is -3.35. The predicted octanol–water partition coefficient (Wildman–Crippen LogP) is 6.86. The van der Waals surface area contributed by atoms with Crippen molar-refractivity contribution < 1.29 is 23.8 Å². The first kappa shape index (κ1) is 24.8. The second kappa shape index (κ2) is 10.1. The van der Waals surface area contributed by atoms with E-state index < -0.39 is 29.3 Å². The van der Waals surface area contributed by atoms with Crippen LogP contribution < -0.4 is 9.64 Å². The molecule has 0 radical (unpaired) electrons. The Morgan fingerprint density at radius 3 is 2.37 bits per heavy atom. The smallest absolute Gasteiger partial charge is 0.300 e. The number of hydrogen-bond donors (Lipinski definition) is 1. The lowest BCUT2D eigenvalue weighted by Crippen LogP contribution is -2.29. The van der Waals surface area contributed by atoms with Crippen molar-refractivity contribution in [1.82, 2.24) is 0 Å². The average molecular weight is 514 g/mol. The van der Waals surface area contributed by atoms with E-state index in [1.165, 1.54) is 36.4 Å². The molecule has 35 heavy (non-hydrogen) atoms. The number of amides is 1. The van der Waals surface area contributed by atoms with Gasteiger partial charge in [0.2, 0.25) is 0 Å². The van der Waals surface area contributed by atoms with Gasteiger partial charge >= 0.3 is 0 Å². The van der Waals surface area contributed by atoms with Gasteiger partial charge in [0.15, 0.2) is 0 Å². The van der Waals surface area contributed by atoms with Crippen LogP contribution in [0.1, 0.15) is 36.1 Å². The van der Waals surface area contributed by atoms with Crippen LogP contribution in [0.5, 0.6) is 5.75 Å². The molecule has 0 aliphatic carbocycles. The van der Waals surface area contributed by atoms with Gasteiger partial charge in [-0.25, -0.2) is 4.39 Å². The van der Waals surface area contributed by atoms with Crippen LogP contribution in [0.3, 0.4) is 0 Å². The first-order valence-electron chi connectivity index (χ1n) is 11.0. The second-order valence-electron chi connectivity index (χ2n) is 8.15. The fourth-order valence-corrected chi connectivity index (χ4v) is 4.61. The zero-order valence-corrected chi connectivity index (χ0v) is 20.5. The Kier molecular flexibility index (Phi) is 7.15. The van der Waals surface area contributed by atoms with Crippen LogP contribution in [0.4, 0.5) is 10.1 Å². The largest absolute Gasteiger partial charge is 0.507 e. The van der Waals surface area contributed by atoms with E-state index in [-0.39, 0.29) is 26.9 Å². The molecule has 0 aromatic heterocycles. The molecule has 1 atom stereocenters. The van der Waals surface area contributed by atoms with Crippen molar-refractivity contribution in [3.8, 4) is 5.75 Å². The topological polar surface area (TPSA) is 66.8 Å². The minimum Gasteiger partial charge on any atom is -0.507 e. The van der Waals surface area contributed by atoms with Gasteiger partial charge in [0, 0.05) is 26.9 Å². The van der Waals surface area contributed by atoms with Gasteiger partial charge in [0.25, 0.3) is 11.7 Å². The van der Waals surface area contributed by atoms with Crippen molar-refractivity contribution in [3.05, 3.63) is 98.8 Å². The van der Waals surface area contributed by atoms with Gasteiger partial charge in [0.1, 0.15) is 17.3 Å². The maximum atomic E-state index is 15.0. The van der Waals surface area contributed by atoms with Crippen LogP contribution in [-0.2, 0) is 9.59 Å². The second-order valence-corrected chi connectivity index (χ2v) is 9.02. The summed E-state index contributed by atoms with van der Waals surface area (Å²) in [5, 5.41) is 11.7. The molecular weight excluding hydrogens is 492 g/mol. The third-order valence-electron chi connectivity index (χ3n) is 5.68. The SMILES string of the molecule is CCCOc1ccc(/C(O)=C2\C(=O)C(=O)N(c3cc(Cl)cc(Cl)c3)C2c2ccccc2F)cc1C. The van der Waals surface area contributed by atoms with Crippen molar-refractivity contribution in [1.29, 1.82) is 0 Å². The van der Waals surface area contributed by atoms with Crippen molar-refractivity contribution >= 4 is 46.3 Å². The highest BCUT2D eigenvalue weighted by molar-refractivity contribution is 6.52. The lowest BCUT2D eigenvalue weighted by atomic mass is 9.94. The Morgan fingerprint density at radius 2 is 1.74 bits per heavy atom. The lowest BCUT2D eigenvalue weighted by molar-refractivity contribution is -0.132. The zero-order chi connectivity index (χ0) is 25.3. The number of anilines is 1. The average Bonchev–Trinajstić information content (AvgIpc) is 3.07. The van der Waals surface area contributed by atoms with E-state index in [9.17, 15) is 19.1 Å². The van der Waals surface area contributed by atoms with Gasteiger partial charge < -0.3 is 9.84 Å². The fourth-order valence-electron chi connectivity index (χ4n) is 4.09. The third kappa shape index (κ3) is 4.77. The van der Waals surface area contributed by atoms with Crippen LogP contribution in [0.15, 0.2) is 66.2 Å². The number of aliphatic hydroxyl groups is 1. The number of aliphatic hydroxyl groups excluding tert-OH is 1. The molecule has 0 saturated carbocycles. The Balaban J connectivity index is 1.92. The van der Waals surface area contributed by atoms with Gasteiger partial charge in [0.05, 0.1) is 18.2 Å². The number of ether oxygens (including phenoxy) is 1. The molecular formula is C27H22Cl2FNO4. The molecule has 1 unspecified atom stereocenters. The summed E-state index contributed by atoms with van der Waals surface area (Å²) >= 11 is 12.3. The highest BCUT2D eigenvalue weighted by Crippen LogP contribution is 2.44. The Morgan fingerprint density at radius 1 is 1.06 bits per heavy atom. The van der Waals surface area contributed by atoms with Crippen molar-refractivity contribution in [2.45, 2.75) is 26.3 Å². The molecule has 1 fully saturated rings. The summed E-state index contributed by atoms with van der Waals surface area (Å²) in [7, 11) is 0. The number of nitrogens with zero attached hydrogens (tertiary/aromatic N) is 1. The number of carbonyl (C=O) groups is 2. The molecule has 8 heteroatoms. The Bertz CT molecular complexity index is 1330. The summed E-state index contributed by atoms with van der Waals surface area (Å²) in [5.74, 6) is -2.29. The van der Waals surface area contributed by atoms with Gasteiger partial charge in [-0.05, 0) is 61.4 Å². The normalized spacial score (nSPS) is 17.2. The molecule has 0 bridgehead atoms. The van der Waals surface area contributed by atoms with Crippen molar-refractivity contribution in [3.63, 3.8) is 0 Å². The number of benzene rings is 3. The van der Waals surface area contributed by atoms with Gasteiger partial charge in [-0.15, -0.1) is 0 Å². The minimum absolute atomic E-state index is 0.0453. The molecule has 1 aliphatic rings. The quantitative estimate of drug-likeness (QED) is 0.222. The van der Waals surface area contributed by atoms with Gasteiger partial charge in [-0.2, -0.15) is 0 Å². The number of halogens is 3. The monoisotopic (exact) mass is 513 g/mol. The first-order valence-corrected chi connectivity index (χ1v) is 11.7. The van der Waals surface area contributed by atoms with Crippen LogP contribution in [-0.4, -0.2) is 23.4 Å². The highest BCUT2D eigenvalue weighted by atomic mass is 35.5. The molecule has 1 heterocycles. The molecule has 3 aromatic carbocycles.